The minimum atomic E-state index is -0.409. The molecule has 1 aromatic carbocycles. The van der Waals surface area contributed by atoms with E-state index in [1.165, 1.54) is 4.90 Å². The quantitative estimate of drug-likeness (QED) is 0.592. The van der Waals surface area contributed by atoms with E-state index in [-0.39, 0.29) is 12.5 Å². The fraction of sp³-hybridized carbons (Fsp3) is 0.375. The molecular weight excluding hydrogens is 254 g/mol. The fourth-order valence-electron chi connectivity index (χ4n) is 1.87. The van der Waals surface area contributed by atoms with Crippen molar-refractivity contribution in [3.8, 4) is 0 Å². The summed E-state index contributed by atoms with van der Waals surface area (Å²) in [7, 11) is 0. The molecule has 0 atom stereocenters. The van der Waals surface area contributed by atoms with E-state index >= 15 is 0 Å². The lowest BCUT2D eigenvalue weighted by molar-refractivity contribution is -0.143. The zero-order valence-corrected chi connectivity index (χ0v) is 12.3. The molecule has 0 aliphatic carbocycles. The number of benzene rings is 1. The second-order valence-corrected chi connectivity index (χ2v) is 4.60. The van der Waals surface area contributed by atoms with Crippen molar-refractivity contribution in [2.24, 2.45) is 0 Å². The molecule has 0 radical (unpaired) electrons. The van der Waals surface area contributed by atoms with Crippen molar-refractivity contribution >= 4 is 11.9 Å². The van der Waals surface area contributed by atoms with Crippen molar-refractivity contribution in [2.75, 3.05) is 19.7 Å². The largest absolute Gasteiger partial charge is 0.465 e. The minimum Gasteiger partial charge on any atom is -0.465 e. The van der Waals surface area contributed by atoms with Gasteiger partial charge in [-0.1, -0.05) is 23.8 Å². The molecule has 0 bridgehead atoms. The van der Waals surface area contributed by atoms with Crippen molar-refractivity contribution in [1.82, 2.24) is 4.90 Å². The number of carbonyl (C=O) groups is 2. The minimum absolute atomic E-state index is 0.0634. The molecule has 0 heterocycles. The van der Waals surface area contributed by atoms with Crippen molar-refractivity contribution in [3.63, 3.8) is 0 Å². The van der Waals surface area contributed by atoms with Gasteiger partial charge in [0.15, 0.2) is 0 Å². The summed E-state index contributed by atoms with van der Waals surface area (Å²) in [5.74, 6) is -0.591. The fourth-order valence-corrected chi connectivity index (χ4v) is 1.87. The zero-order valence-electron chi connectivity index (χ0n) is 12.3. The van der Waals surface area contributed by atoms with Gasteiger partial charge in [0.25, 0.3) is 5.91 Å². The summed E-state index contributed by atoms with van der Waals surface area (Å²) >= 11 is 0. The van der Waals surface area contributed by atoms with Gasteiger partial charge in [0.1, 0.15) is 6.54 Å². The Balaban J connectivity index is 2.95. The second-order valence-electron chi connectivity index (χ2n) is 4.60. The maximum atomic E-state index is 12.5. The van der Waals surface area contributed by atoms with Gasteiger partial charge in [-0.15, -0.1) is 6.58 Å². The van der Waals surface area contributed by atoms with Crippen LogP contribution in [0, 0.1) is 13.8 Å². The van der Waals surface area contributed by atoms with Crippen LogP contribution < -0.4 is 0 Å². The lowest BCUT2D eigenvalue weighted by Gasteiger charge is -2.21. The van der Waals surface area contributed by atoms with Crippen molar-refractivity contribution in [1.29, 1.82) is 0 Å². The molecule has 108 valence electrons. The lowest BCUT2D eigenvalue weighted by Crippen LogP contribution is -2.37. The molecule has 0 spiro atoms. The van der Waals surface area contributed by atoms with Crippen LogP contribution >= 0.6 is 0 Å². The Kier molecular flexibility index (Phi) is 5.97. The molecule has 4 nitrogen and oxygen atoms in total. The summed E-state index contributed by atoms with van der Waals surface area (Å²) in [5.41, 5.74) is 2.50. The van der Waals surface area contributed by atoms with Gasteiger partial charge in [-0.2, -0.15) is 0 Å². The van der Waals surface area contributed by atoms with Gasteiger partial charge in [-0.05, 0) is 32.4 Å². The van der Waals surface area contributed by atoms with E-state index in [0.717, 1.165) is 11.1 Å². The van der Waals surface area contributed by atoms with Gasteiger partial charge in [0.05, 0.1) is 6.61 Å². The van der Waals surface area contributed by atoms with Gasteiger partial charge in [-0.25, -0.2) is 0 Å². The summed E-state index contributed by atoms with van der Waals surface area (Å²) in [4.78, 5) is 25.5. The number of hydrogen-bond acceptors (Lipinski definition) is 3. The molecule has 0 saturated carbocycles. The van der Waals surface area contributed by atoms with Crippen LogP contribution in [0.15, 0.2) is 30.9 Å². The first-order valence-corrected chi connectivity index (χ1v) is 6.62. The van der Waals surface area contributed by atoms with Crippen molar-refractivity contribution < 1.29 is 14.3 Å². The zero-order chi connectivity index (χ0) is 15.1. The Labute approximate surface area is 120 Å². The Hall–Kier alpha value is -2.10. The number of esters is 1. The molecule has 0 saturated heterocycles. The van der Waals surface area contributed by atoms with E-state index in [1.54, 1.807) is 13.0 Å². The van der Waals surface area contributed by atoms with E-state index in [0.29, 0.717) is 18.7 Å². The van der Waals surface area contributed by atoms with E-state index in [4.69, 9.17) is 4.74 Å². The number of rotatable bonds is 6. The number of carbonyl (C=O) groups excluding carboxylic acids is 2. The molecule has 0 aromatic heterocycles. The summed E-state index contributed by atoms with van der Waals surface area (Å²) in [6, 6.07) is 5.69. The predicted molar refractivity (Wildman–Crippen MR) is 78.6 cm³/mol. The predicted octanol–water partition coefficient (Wildman–Crippen LogP) is 2.49. The monoisotopic (exact) mass is 275 g/mol. The standard InChI is InChI=1S/C16H21NO3/c1-5-9-17(11-15(18)20-6-2)16(19)14-10-12(3)7-8-13(14)4/h5,7-8,10H,1,6,9,11H2,2-4H3. The number of aryl methyl sites for hydroxylation is 2. The molecule has 1 aromatic rings. The highest BCUT2D eigenvalue weighted by Crippen LogP contribution is 2.13. The molecular formula is C16H21NO3. The molecule has 1 amide bonds. The molecule has 1 rings (SSSR count). The molecule has 0 aliphatic heterocycles. The van der Waals surface area contributed by atoms with Crippen LogP contribution in [-0.2, 0) is 9.53 Å². The van der Waals surface area contributed by atoms with Crippen LogP contribution in [0.1, 0.15) is 28.4 Å². The molecule has 20 heavy (non-hydrogen) atoms. The second kappa shape index (κ2) is 7.48. The average Bonchev–Trinajstić information content (AvgIpc) is 2.40. The first kappa shape index (κ1) is 16.0. The molecule has 0 aliphatic rings. The van der Waals surface area contributed by atoms with E-state index < -0.39 is 5.97 Å². The highest BCUT2D eigenvalue weighted by atomic mass is 16.5. The number of hydrogen-bond donors (Lipinski definition) is 0. The number of nitrogens with zero attached hydrogens (tertiary/aromatic N) is 1. The third-order valence-electron chi connectivity index (χ3n) is 2.89. The SMILES string of the molecule is C=CCN(CC(=O)OCC)C(=O)c1cc(C)ccc1C. The summed E-state index contributed by atoms with van der Waals surface area (Å²) in [6.07, 6.45) is 1.60. The number of amides is 1. The molecule has 0 fully saturated rings. The highest BCUT2D eigenvalue weighted by Gasteiger charge is 2.19. The van der Waals surface area contributed by atoms with Gasteiger partial charge in [0, 0.05) is 12.1 Å². The van der Waals surface area contributed by atoms with Gasteiger partial charge < -0.3 is 9.64 Å². The van der Waals surface area contributed by atoms with Crippen LogP contribution in [0.5, 0.6) is 0 Å². The lowest BCUT2D eigenvalue weighted by atomic mass is 10.0. The topological polar surface area (TPSA) is 46.6 Å². The Morgan fingerprint density at radius 1 is 1.35 bits per heavy atom. The first-order chi connectivity index (χ1) is 9.49. The molecule has 4 heteroatoms. The van der Waals surface area contributed by atoms with Gasteiger partial charge in [-0.3, -0.25) is 9.59 Å². The Bertz CT molecular complexity index is 508. The molecule has 0 unspecified atom stereocenters. The van der Waals surface area contributed by atoms with Crippen LogP contribution in [0.3, 0.4) is 0 Å². The number of ether oxygens (including phenoxy) is 1. The Morgan fingerprint density at radius 3 is 2.65 bits per heavy atom. The maximum absolute atomic E-state index is 12.5. The smallest absolute Gasteiger partial charge is 0.325 e. The van der Waals surface area contributed by atoms with Gasteiger partial charge >= 0.3 is 5.97 Å². The van der Waals surface area contributed by atoms with E-state index in [2.05, 4.69) is 6.58 Å². The van der Waals surface area contributed by atoms with Crippen LogP contribution in [0.25, 0.3) is 0 Å². The van der Waals surface area contributed by atoms with Crippen LogP contribution in [0.4, 0.5) is 0 Å². The van der Waals surface area contributed by atoms with Crippen molar-refractivity contribution in [2.45, 2.75) is 20.8 Å². The Morgan fingerprint density at radius 2 is 2.05 bits per heavy atom. The third-order valence-corrected chi connectivity index (χ3v) is 2.89. The van der Waals surface area contributed by atoms with E-state index in [9.17, 15) is 9.59 Å². The normalized spacial score (nSPS) is 9.95. The van der Waals surface area contributed by atoms with Crippen LogP contribution in [0.2, 0.25) is 0 Å². The molecule has 0 N–H and O–H groups in total. The average molecular weight is 275 g/mol. The summed E-state index contributed by atoms with van der Waals surface area (Å²) in [6.45, 7) is 9.72. The van der Waals surface area contributed by atoms with Gasteiger partial charge in [0.2, 0.25) is 0 Å². The van der Waals surface area contributed by atoms with E-state index in [1.807, 2.05) is 32.0 Å². The highest BCUT2D eigenvalue weighted by molar-refractivity contribution is 5.97. The first-order valence-electron chi connectivity index (χ1n) is 6.62. The van der Waals surface area contributed by atoms with Crippen molar-refractivity contribution in [3.05, 3.63) is 47.5 Å². The van der Waals surface area contributed by atoms with Crippen LogP contribution in [-0.4, -0.2) is 36.5 Å². The summed E-state index contributed by atoms with van der Waals surface area (Å²) in [5, 5.41) is 0. The summed E-state index contributed by atoms with van der Waals surface area (Å²) < 4.78 is 4.89. The maximum Gasteiger partial charge on any atom is 0.325 e. The third kappa shape index (κ3) is 4.23.